The van der Waals surface area contributed by atoms with E-state index in [0.29, 0.717) is 6.54 Å². The normalized spacial score (nSPS) is 12.4. The average molecular weight is 238 g/mol. The van der Waals surface area contributed by atoms with E-state index in [4.69, 9.17) is 5.73 Å². The highest BCUT2D eigenvalue weighted by atomic mass is 16.2. The van der Waals surface area contributed by atoms with Crippen molar-refractivity contribution in [1.29, 1.82) is 0 Å². The lowest BCUT2D eigenvalue weighted by molar-refractivity contribution is -0.122. The van der Waals surface area contributed by atoms with E-state index in [1.165, 1.54) is 0 Å². The molecule has 0 aliphatic carbocycles. The summed E-state index contributed by atoms with van der Waals surface area (Å²) in [6.45, 7) is 3.67. The summed E-state index contributed by atoms with van der Waals surface area (Å²) in [5.74, 6) is -0.0329. The average Bonchev–Trinajstić information content (AvgIpc) is 2.81. The van der Waals surface area contributed by atoms with Gasteiger partial charge >= 0.3 is 0 Å². The Morgan fingerprint density at radius 2 is 2.35 bits per heavy atom. The van der Waals surface area contributed by atoms with Gasteiger partial charge in [-0.3, -0.25) is 4.79 Å². The van der Waals surface area contributed by atoms with Crippen molar-refractivity contribution < 1.29 is 4.79 Å². The van der Waals surface area contributed by atoms with E-state index < -0.39 is 0 Å². The van der Waals surface area contributed by atoms with E-state index in [0.717, 1.165) is 32.2 Å². The van der Waals surface area contributed by atoms with E-state index in [9.17, 15) is 4.79 Å². The van der Waals surface area contributed by atoms with Gasteiger partial charge in [0.2, 0.25) is 5.91 Å². The lowest BCUT2D eigenvalue weighted by Gasteiger charge is -2.10. The van der Waals surface area contributed by atoms with Crippen LogP contribution in [0.3, 0.4) is 0 Å². The minimum Gasteiger partial charge on any atom is -0.355 e. The zero-order valence-electron chi connectivity index (χ0n) is 10.4. The number of aromatic nitrogens is 2. The van der Waals surface area contributed by atoms with Crippen LogP contribution in [-0.2, 0) is 11.3 Å². The van der Waals surface area contributed by atoms with Crippen molar-refractivity contribution in [3.8, 4) is 0 Å². The predicted molar refractivity (Wildman–Crippen MR) is 67.4 cm³/mol. The molecule has 1 rings (SSSR count). The van der Waals surface area contributed by atoms with Gasteiger partial charge in [-0.15, -0.1) is 0 Å². The van der Waals surface area contributed by atoms with Gasteiger partial charge in [-0.2, -0.15) is 0 Å². The summed E-state index contributed by atoms with van der Waals surface area (Å²) in [5, 5.41) is 2.86. The molecule has 0 saturated carbocycles. The smallest absolute Gasteiger partial charge is 0.236 e. The largest absolute Gasteiger partial charge is 0.355 e. The summed E-state index contributed by atoms with van der Waals surface area (Å²) >= 11 is 0. The van der Waals surface area contributed by atoms with Gasteiger partial charge in [-0.05, 0) is 19.3 Å². The number of hydrogen-bond acceptors (Lipinski definition) is 3. The van der Waals surface area contributed by atoms with Crippen molar-refractivity contribution in [2.24, 2.45) is 5.73 Å². The van der Waals surface area contributed by atoms with E-state index in [-0.39, 0.29) is 11.9 Å². The molecule has 0 aliphatic rings. The molecule has 96 valence electrons. The molecule has 17 heavy (non-hydrogen) atoms. The third-order valence-corrected chi connectivity index (χ3v) is 2.64. The fourth-order valence-electron chi connectivity index (χ4n) is 1.62. The molecule has 1 aromatic heterocycles. The minimum absolute atomic E-state index is 0.0329. The molecule has 1 unspecified atom stereocenters. The number of carbonyl (C=O) groups excluding carboxylic acids is 1. The van der Waals surface area contributed by atoms with Gasteiger partial charge in [0.15, 0.2) is 0 Å². The topological polar surface area (TPSA) is 72.9 Å². The quantitative estimate of drug-likeness (QED) is 0.661. The van der Waals surface area contributed by atoms with Gasteiger partial charge in [0.25, 0.3) is 0 Å². The Hall–Kier alpha value is -1.36. The van der Waals surface area contributed by atoms with Gasteiger partial charge < -0.3 is 15.6 Å². The molecule has 0 radical (unpaired) electrons. The fourth-order valence-corrected chi connectivity index (χ4v) is 1.62. The standard InChI is InChI=1S/C12H22N4O/c1-2-5-11(13)12(17)15-6-3-4-8-16-9-7-14-10-16/h7,9-11H,2-6,8,13H2,1H3,(H,15,17). The number of amides is 1. The van der Waals surface area contributed by atoms with E-state index in [1.54, 1.807) is 12.5 Å². The summed E-state index contributed by atoms with van der Waals surface area (Å²) in [5.41, 5.74) is 5.70. The Bertz CT molecular complexity index is 310. The molecule has 5 nitrogen and oxygen atoms in total. The number of rotatable bonds is 8. The van der Waals surface area contributed by atoms with Crippen LogP contribution in [0.1, 0.15) is 32.6 Å². The van der Waals surface area contributed by atoms with Crippen LogP contribution in [-0.4, -0.2) is 28.0 Å². The van der Waals surface area contributed by atoms with Gasteiger partial charge in [0.05, 0.1) is 12.4 Å². The van der Waals surface area contributed by atoms with Crippen molar-refractivity contribution in [2.75, 3.05) is 6.54 Å². The molecule has 0 aromatic carbocycles. The molecule has 1 amide bonds. The second-order valence-electron chi connectivity index (χ2n) is 4.19. The molecule has 1 atom stereocenters. The number of nitrogens with zero attached hydrogens (tertiary/aromatic N) is 2. The number of imidazole rings is 1. The van der Waals surface area contributed by atoms with Gasteiger partial charge in [0.1, 0.15) is 0 Å². The maximum atomic E-state index is 11.5. The molecule has 1 aromatic rings. The Kier molecular flexibility index (Phi) is 6.32. The summed E-state index contributed by atoms with van der Waals surface area (Å²) in [6, 6.07) is -0.353. The molecule has 3 N–H and O–H groups in total. The van der Waals surface area contributed by atoms with Crippen molar-refractivity contribution >= 4 is 5.91 Å². The highest BCUT2D eigenvalue weighted by Gasteiger charge is 2.10. The number of aryl methyl sites for hydroxylation is 1. The lowest BCUT2D eigenvalue weighted by atomic mass is 10.1. The van der Waals surface area contributed by atoms with Crippen LogP contribution in [0.5, 0.6) is 0 Å². The first-order valence-electron chi connectivity index (χ1n) is 6.23. The van der Waals surface area contributed by atoms with Crippen LogP contribution >= 0.6 is 0 Å². The highest BCUT2D eigenvalue weighted by molar-refractivity contribution is 5.81. The first-order valence-corrected chi connectivity index (χ1v) is 6.23. The van der Waals surface area contributed by atoms with E-state index in [2.05, 4.69) is 10.3 Å². The summed E-state index contributed by atoms with van der Waals surface area (Å²) in [7, 11) is 0. The monoisotopic (exact) mass is 238 g/mol. The number of nitrogens with two attached hydrogens (primary N) is 1. The maximum absolute atomic E-state index is 11.5. The molecule has 0 aliphatic heterocycles. The third-order valence-electron chi connectivity index (χ3n) is 2.64. The van der Waals surface area contributed by atoms with Crippen LogP contribution < -0.4 is 11.1 Å². The fraction of sp³-hybridized carbons (Fsp3) is 0.667. The molecule has 0 fully saturated rings. The molecular formula is C12H22N4O. The summed E-state index contributed by atoms with van der Waals surface area (Å²) in [6.07, 6.45) is 9.19. The van der Waals surface area contributed by atoms with E-state index in [1.807, 2.05) is 17.7 Å². The Balaban J connectivity index is 2.02. The summed E-state index contributed by atoms with van der Waals surface area (Å²) < 4.78 is 2.03. The van der Waals surface area contributed by atoms with Crippen molar-refractivity contribution in [3.63, 3.8) is 0 Å². The zero-order valence-corrected chi connectivity index (χ0v) is 10.4. The predicted octanol–water partition coefficient (Wildman–Crippen LogP) is 0.907. The Morgan fingerprint density at radius 3 is 3.00 bits per heavy atom. The number of unbranched alkanes of at least 4 members (excludes halogenated alkanes) is 1. The SMILES string of the molecule is CCCC(N)C(=O)NCCCCn1ccnc1. The van der Waals surface area contributed by atoms with Crippen LogP contribution in [0, 0.1) is 0 Å². The number of nitrogens with one attached hydrogen (secondary N) is 1. The Morgan fingerprint density at radius 1 is 1.53 bits per heavy atom. The van der Waals surface area contributed by atoms with Crippen LogP contribution in [0.25, 0.3) is 0 Å². The van der Waals surface area contributed by atoms with Gasteiger partial charge in [0, 0.05) is 25.5 Å². The maximum Gasteiger partial charge on any atom is 0.236 e. The molecule has 1 heterocycles. The van der Waals surface area contributed by atoms with E-state index >= 15 is 0 Å². The van der Waals surface area contributed by atoms with Gasteiger partial charge in [-0.1, -0.05) is 13.3 Å². The molecule has 0 spiro atoms. The third kappa shape index (κ3) is 5.49. The molecule has 0 bridgehead atoms. The first-order chi connectivity index (χ1) is 8.24. The number of hydrogen-bond donors (Lipinski definition) is 2. The lowest BCUT2D eigenvalue weighted by Crippen LogP contribution is -2.40. The van der Waals surface area contributed by atoms with Crippen molar-refractivity contribution in [1.82, 2.24) is 14.9 Å². The minimum atomic E-state index is -0.353. The van der Waals surface area contributed by atoms with Crippen molar-refractivity contribution in [2.45, 2.75) is 45.2 Å². The zero-order chi connectivity index (χ0) is 12.5. The number of carbonyl (C=O) groups is 1. The molecule has 5 heteroatoms. The van der Waals surface area contributed by atoms with Gasteiger partial charge in [-0.25, -0.2) is 4.98 Å². The Labute approximate surface area is 102 Å². The van der Waals surface area contributed by atoms with Crippen LogP contribution in [0.4, 0.5) is 0 Å². The van der Waals surface area contributed by atoms with Crippen LogP contribution in [0.2, 0.25) is 0 Å². The second kappa shape index (κ2) is 7.84. The van der Waals surface area contributed by atoms with Crippen LogP contribution in [0.15, 0.2) is 18.7 Å². The molecule has 0 saturated heterocycles. The second-order valence-corrected chi connectivity index (χ2v) is 4.19. The first kappa shape index (κ1) is 13.7. The summed E-state index contributed by atoms with van der Waals surface area (Å²) in [4.78, 5) is 15.4. The van der Waals surface area contributed by atoms with Crippen molar-refractivity contribution in [3.05, 3.63) is 18.7 Å². The highest BCUT2D eigenvalue weighted by Crippen LogP contribution is 1.96. The molecular weight excluding hydrogens is 216 g/mol.